The zero-order valence-corrected chi connectivity index (χ0v) is 18.9. The van der Waals surface area contributed by atoms with Crippen LogP contribution in [0.3, 0.4) is 0 Å². The number of pyridine rings is 2. The predicted octanol–water partition coefficient (Wildman–Crippen LogP) is 4.46. The molecule has 0 saturated heterocycles. The molecule has 0 atom stereocenters. The van der Waals surface area contributed by atoms with Gasteiger partial charge in [-0.05, 0) is 55.2 Å². The zero-order valence-electron chi connectivity index (χ0n) is 18.9. The second-order valence-corrected chi connectivity index (χ2v) is 8.93. The highest BCUT2D eigenvalue weighted by Gasteiger charge is 2.52. The summed E-state index contributed by atoms with van der Waals surface area (Å²) in [5.74, 6) is -0.332. The van der Waals surface area contributed by atoms with Crippen LogP contribution < -0.4 is 15.0 Å². The van der Waals surface area contributed by atoms with Crippen molar-refractivity contribution in [3.8, 4) is 22.8 Å². The molecule has 3 heterocycles. The normalized spacial score (nSPS) is 16.7. The number of halogens is 2. The fourth-order valence-corrected chi connectivity index (χ4v) is 4.38. The van der Waals surface area contributed by atoms with Gasteiger partial charge in [-0.25, -0.2) is 0 Å². The Morgan fingerprint density at radius 1 is 1.14 bits per heavy atom. The fraction of sp³-hybridized carbons (Fsp3) is 0.269. The topological polar surface area (TPSA) is 90.7 Å². The SMILES string of the molecule is C=C(O)Cn1ccc(-c2nc(CC(=O)C3(c4ccc5c(c4)OC(F)(F)O5)CC3)ccc2C)cc1=O. The van der Waals surface area contributed by atoms with E-state index in [0.717, 1.165) is 5.56 Å². The number of allylic oxidation sites excluding steroid dienone is 1. The van der Waals surface area contributed by atoms with Crippen LogP contribution in [0.4, 0.5) is 8.78 Å². The summed E-state index contributed by atoms with van der Waals surface area (Å²) in [7, 11) is 0. The number of hydrogen-bond donors (Lipinski definition) is 1. The van der Waals surface area contributed by atoms with Gasteiger partial charge >= 0.3 is 6.29 Å². The lowest BCUT2D eigenvalue weighted by Crippen LogP contribution is -2.26. The van der Waals surface area contributed by atoms with E-state index in [1.807, 2.05) is 13.0 Å². The van der Waals surface area contributed by atoms with Crippen molar-refractivity contribution in [1.82, 2.24) is 9.55 Å². The molecule has 3 aromatic rings. The van der Waals surface area contributed by atoms with Crippen molar-refractivity contribution in [3.63, 3.8) is 0 Å². The van der Waals surface area contributed by atoms with Crippen molar-refractivity contribution in [2.45, 2.75) is 44.4 Å². The van der Waals surface area contributed by atoms with E-state index in [1.165, 1.54) is 22.8 Å². The molecule has 7 nitrogen and oxygen atoms in total. The molecule has 0 radical (unpaired) electrons. The number of hydrogen-bond acceptors (Lipinski definition) is 6. The van der Waals surface area contributed by atoms with Gasteiger partial charge in [0, 0.05) is 29.9 Å². The average molecular weight is 480 g/mol. The number of carbonyl (C=O) groups is 1. The molecular weight excluding hydrogens is 458 g/mol. The highest BCUT2D eigenvalue weighted by atomic mass is 19.3. The summed E-state index contributed by atoms with van der Waals surface area (Å²) in [5.41, 5.74) is 2.09. The monoisotopic (exact) mass is 480 g/mol. The van der Waals surface area contributed by atoms with Gasteiger partial charge < -0.3 is 19.1 Å². The van der Waals surface area contributed by atoms with E-state index in [9.17, 15) is 23.5 Å². The molecule has 1 aliphatic carbocycles. The van der Waals surface area contributed by atoms with Gasteiger partial charge in [0.15, 0.2) is 11.5 Å². The number of carbonyl (C=O) groups excluding carboxylic acids is 1. The lowest BCUT2D eigenvalue weighted by molar-refractivity contribution is -0.286. The Hall–Kier alpha value is -4.01. The van der Waals surface area contributed by atoms with E-state index in [4.69, 9.17) is 0 Å². The summed E-state index contributed by atoms with van der Waals surface area (Å²) in [5, 5.41) is 9.36. The number of ether oxygens (including phenoxy) is 2. The fourth-order valence-electron chi connectivity index (χ4n) is 4.38. The largest absolute Gasteiger partial charge is 0.586 e. The van der Waals surface area contributed by atoms with Crippen molar-refractivity contribution in [1.29, 1.82) is 0 Å². The molecule has 0 bridgehead atoms. The van der Waals surface area contributed by atoms with Crippen molar-refractivity contribution < 1.29 is 28.2 Å². The predicted molar refractivity (Wildman–Crippen MR) is 123 cm³/mol. The number of nitrogens with zero attached hydrogens (tertiary/aromatic N) is 2. The van der Waals surface area contributed by atoms with Gasteiger partial charge in [0.1, 0.15) is 11.5 Å². The molecule has 1 saturated carbocycles. The molecule has 180 valence electrons. The summed E-state index contributed by atoms with van der Waals surface area (Å²) in [4.78, 5) is 30.4. The van der Waals surface area contributed by atoms with Crippen LogP contribution in [0.1, 0.15) is 29.7 Å². The number of benzene rings is 1. The number of Topliss-reactive ketones (excluding diaryl/α,β-unsaturated/α-hetero) is 1. The van der Waals surface area contributed by atoms with E-state index in [2.05, 4.69) is 21.0 Å². The first-order valence-electron chi connectivity index (χ1n) is 11.0. The van der Waals surface area contributed by atoms with E-state index >= 15 is 0 Å². The van der Waals surface area contributed by atoms with Crippen LogP contribution in [0.25, 0.3) is 11.3 Å². The van der Waals surface area contributed by atoms with Crippen molar-refractivity contribution in [2.75, 3.05) is 0 Å². The Labute approximate surface area is 199 Å². The molecule has 0 spiro atoms. The van der Waals surface area contributed by atoms with Gasteiger partial charge in [0.25, 0.3) is 5.56 Å². The van der Waals surface area contributed by atoms with Crippen LogP contribution in [0.5, 0.6) is 11.5 Å². The minimum atomic E-state index is -3.71. The number of aliphatic hydroxyl groups excluding tert-OH is 1. The highest BCUT2D eigenvalue weighted by Crippen LogP contribution is 2.52. The molecule has 1 N–H and O–H groups in total. The Morgan fingerprint density at radius 3 is 2.57 bits per heavy atom. The third-order valence-electron chi connectivity index (χ3n) is 6.36. The first kappa shape index (κ1) is 22.8. The Kier molecular flexibility index (Phi) is 5.23. The van der Waals surface area contributed by atoms with Crippen LogP contribution in [-0.2, 0) is 23.2 Å². The van der Waals surface area contributed by atoms with Crippen molar-refractivity contribution in [3.05, 3.63) is 88.2 Å². The number of aryl methyl sites for hydroxylation is 1. The molecule has 35 heavy (non-hydrogen) atoms. The zero-order chi connectivity index (χ0) is 25.0. The maximum absolute atomic E-state index is 13.4. The van der Waals surface area contributed by atoms with Gasteiger partial charge in [-0.15, -0.1) is 8.78 Å². The maximum Gasteiger partial charge on any atom is 0.586 e. The lowest BCUT2D eigenvalue weighted by atomic mass is 9.88. The number of alkyl halides is 2. The number of aromatic nitrogens is 2. The second-order valence-electron chi connectivity index (χ2n) is 8.93. The van der Waals surface area contributed by atoms with Gasteiger partial charge in [0.2, 0.25) is 0 Å². The number of rotatable bonds is 7. The summed E-state index contributed by atoms with van der Waals surface area (Å²) in [6.07, 6.45) is -0.889. The Bertz CT molecular complexity index is 1430. The van der Waals surface area contributed by atoms with Gasteiger partial charge in [-0.3, -0.25) is 14.6 Å². The van der Waals surface area contributed by atoms with Gasteiger partial charge in [0.05, 0.1) is 17.7 Å². The minimum Gasteiger partial charge on any atom is -0.511 e. The molecule has 1 aliphatic heterocycles. The third-order valence-corrected chi connectivity index (χ3v) is 6.36. The quantitative estimate of drug-likeness (QED) is 0.503. The molecule has 5 rings (SSSR count). The Balaban J connectivity index is 1.39. The minimum absolute atomic E-state index is 0.000349. The molecule has 1 fully saturated rings. The molecule has 2 aromatic heterocycles. The Morgan fingerprint density at radius 2 is 1.89 bits per heavy atom. The first-order chi connectivity index (χ1) is 16.6. The number of aliphatic hydroxyl groups is 1. The van der Waals surface area contributed by atoms with Crippen LogP contribution >= 0.6 is 0 Å². The van der Waals surface area contributed by atoms with E-state index < -0.39 is 11.7 Å². The highest BCUT2D eigenvalue weighted by molar-refractivity contribution is 5.94. The lowest BCUT2D eigenvalue weighted by Gasteiger charge is -2.16. The number of ketones is 1. The smallest absolute Gasteiger partial charge is 0.511 e. The van der Waals surface area contributed by atoms with Crippen molar-refractivity contribution in [2.24, 2.45) is 0 Å². The standard InChI is InChI=1S/C26H22F2N2O5/c1-15-3-5-19(29-24(15)17-7-10-30(14-16(2)31)23(33)11-17)13-22(32)25(8-9-25)18-4-6-20-21(12-18)35-26(27,28)34-20/h3-7,10-12,31H,2,8-9,13-14H2,1H3. The van der Waals surface area contributed by atoms with Gasteiger partial charge in [-0.1, -0.05) is 18.7 Å². The molecule has 0 unspecified atom stereocenters. The summed E-state index contributed by atoms with van der Waals surface area (Å²) in [6, 6.07) is 11.2. The van der Waals surface area contributed by atoms with Gasteiger partial charge in [-0.2, -0.15) is 0 Å². The van der Waals surface area contributed by atoms with Crippen LogP contribution in [0.15, 0.2) is 65.8 Å². The van der Waals surface area contributed by atoms with Crippen LogP contribution in [0.2, 0.25) is 0 Å². The van der Waals surface area contributed by atoms with E-state index in [-0.39, 0.29) is 41.6 Å². The molecular formula is C26H22F2N2O5. The van der Waals surface area contributed by atoms with Crippen LogP contribution in [0, 0.1) is 6.92 Å². The van der Waals surface area contributed by atoms with Crippen LogP contribution in [-0.4, -0.2) is 26.7 Å². The summed E-state index contributed by atoms with van der Waals surface area (Å²) >= 11 is 0. The van der Waals surface area contributed by atoms with E-state index in [0.29, 0.717) is 35.4 Å². The third kappa shape index (κ3) is 4.29. The van der Waals surface area contributed by atoms with Crippen molar-refractivity contribution >= 4 is 5.78 Å². The summed E-state index contributed by atoms with van der Waals surface area (Å²) < 4.78 is 37.1. The molecule has 2 aliphatic rings. The van der Waals surface area contributed by atoms with E-state index in [1.54, 1.807) is 24.4 Å². The summed E-state index contributed by atoms with van der Waals surface area (Å²) in [6.45, 7) is 5.26. The number of fused-ring (bicyclic) bond motifs is 1. The average Bonchev–Trinajstić information content (AvgIpc) is 3.53. The molecule has 9 heteroatoms. The molecule has 0 amide bonds. The maximum atomic E-state index is 13.4. The first-order valence-corrected chi connectivity index (χ1v) is 11.0. The second kappa shape index (κ2) is 8.04. The molecule has 1 aromatic carbocycles.